The smallest absolute Gasteiger partial charge is 0.172 e. The van der Waals surface area contributed by atoms with E-state index in [-0.39, 0.29) is 27.8 Å². The number of nitrogens with zero attached hydrogens (tertiary/aromatic N) is 1. The van der Waals surface area contributed by atoms with E-state index in [0.29, 0.717) is 10.8 Å². The van der Waals surface area contributed by atoms with Gasteiger partial charge in [0.1, 0.15) is 5.82 Å². The van der Waals surface area contributed by atoms with Crippen LogP contribution in [-0.2, 0) is 0 Å². The average Bonchev–Trinajstić information content (AvgIpc) is 2.69. The highest BCUT2D eigenvalue weighted by molar-refractivity contribution is 6.34. The molecule has 5 heteroatoms. The second-order valence-electron chi connectivity index (χ2n) is 4.70. The van der Waals surface area contributed by atoms with Crippen molar-refractivity contribution in [2.75, 3.05) is 0 Å². The number of rotatable bonds is 1. The van der Waals surface area contributed by atoms with Crippen LogP contribution in [0.4, 0.5) is 8.78 Å². The number of hydrogen-bond donors (Lipinski definition) is 0. The molecular formula is C14H10ClF2NO. The quantitative estimate of drug-likeness (QED) is 0.584. The predicted octanol–water partition coefficient (Wildman–Crippen LogP) is 5.04. The van der Waals surface area contributed by atoms with Crippen LogP contribution in [0, 0.1) is 11.6 Å². The van der Waals surface area contributed by atoms with E-state index in [9.17, 15) is 8.78 Å². The van der Waals surface area contributed by atoms with Crippen LogP contribution < -0.4 is 0 Å². The van der Waals surface area contributed by atoms with Crippen LogP contribution in [0.2, 0.25) is 5.15 Å². The molecule has 0 N–H and O–H groups in total. The van der Waals surface area contributed by atoms with Crippen LogP contribution >= 0.6 is 11.6 Å². The third-order valence-electron chi connectivity index (χ3n) is 3.14. The van der Waals surface area contributed by atoms with Gasteiger partial charge in [0, 0.05) is 22.5 Å². The minimum absolute atomic E-state index is 0.0231. The van der Waals surface area contributed by atoms with E-state index in [2.05, 4.69) is 4.98 Å². The van der Waals surface area contributed by atoms with E-state index < -0.39 is 11.6 Å². The number of pyridine rings is 1. The van der Waals surface area contributed by atoms with Crippen LogP contribution in [0.15, 0.2) is 22.7 Å². The molecule has 0 bridgehead atoms. The van der Waals surface area contributed by atoms with Gasteiger partial charge in [-0.05, 0) is 18.1 Å². The molecule has 1 aromatic carbocycles. The molecule has 0 fully saturated rings. The lowest BCUT2D eigenvalue weighted by molar-refractivity contribution is 0.529. The largest absolute Gasteiger partial charge is 0.450 e. The Morgan fingerprint density at radius 2 is 1.95 bits per heavy atom. The normalized spacial score (nSPS) is 11.9. The summed E-state index contributed by atoms with van der Waals surface area (Å²) in [5.41, 5.74) is 0.323. The molecule has 0 aliphatic rings. The van der Waals surface area contributed by atoms with Crippen molar-refractivity contribution >= 4 is 33.5 Å². The van der Waals surface area contributed by atoms with Gasteiger partial charge in [-0.3, -0.25) is 0 Å². The van der Waals surface area contributed by atoms with Gasteiger partial charge in [0.15, 0.2) is 22.1 Å². The Hall–Kier alpha value is -1.68. The highest BCUT2D eigenvalue weighted by atomic mass is 35.5. The van der Waals surface area contributed by atoms with E-state index in [1.165, 1.54) is 12.3 Å². The zero-order valence-corrected chi connectivity index (χ0v) is 11.1. The molecule has 2 nitrogen and oxygen atoms in total. The summed E-state index contributed by atoms with van der Waals surface area (Å²) in [7, 11) is 0. The molecule has 3 aromatic rings. The van der Waals surface area contributed by atoms with E-state index in [1.54, 1.807) is 19.9 Å². The maximum Gasteiger partial charge on any atom is 0.172 e. The van der Waals surface area contributed by atoms with Crippen molar-refractivity contribution in [3.05, 3.63) is 40.7 Å². The van der Waals surface area contributed by atoms with Gasteiger partial charge in [-0.1, -0.05) is 25.4 Å². The molecule has 3 rings (SSSR count). The molecule has 0 unspecified atom stereocenters. The van der Waals surface area contributed by atoms with Crippen molar-refractivity contribution in [2.24, 2.45) is 0 Å². The van der Waals surface area contributed by atoms with Crippen LogP contribution in [0.5, 0.6) is 0 Å². The fourth-order valence-electron chi connectivity index (χ4n) is 2.28. The lowest BCUT2D eigenvalue weighted by atomic mass is 10.00. The Morgan fingerprint density at radius 3 is 2.63 bits per heavy atom. The summed E-state index contributed by atoms with van der Waals surface area (Å²) in [5, 5.41) is 1.07. The molecule has 2 heterocycles. The molecule has 0 saturated carbocycles. The number of hydrogen-bond acceptors (Lipinski definition) is 2. The minimum Gasteiger partial charge on any atom is -0.450 e. The van der Waals surface area contributed by atoms with Crippen molar-refractivity contribution in [2.45, 2.75) is 19.8 Å². The molecule has 0 spiro atoms. The van der Waals surface area contributed by atoms with Crippen molar-refractivity contribution in [3.63, 3.8) is 0 Å². The third kappa shape index (κ3) is 1.70. The molecule has 0 aliphatic heterocycles. The predicted molar refractivity (Wildman–Crippen MR) is 70.5 cm³/mol. The third-order valence-corrected chi connectivity index (χ3v) is 3.41. The van der Waals surface area contributed by atoms with Gasteiger partial charge in [0.25, 0.3) is 0 Å². The van der Waals surface area contributed by atoms with Gasteiger partial charge >= 0.3 is 0 Å². The summed E-state index contributed by atoms with van der Waals surface area (Å²) in [4.78, 5) is 3.87. The molecule has 0 aliphatic carbocycles. The summed E-state index contributed by atoms with van der Waals surface area (Å²) in [6.45, 7) is 3.45. The molecule has 0 amide bonds. The highest BCUT2D eigenvalue weighted by Gasteiger charge is 2.21. The monoisotopic (exact) mass is 281 g/mol. The lowest BCUT2D eigenvalue weighted by Gasteiger charge is -2.08. The van der Waals surface area contributed by atoms with Gasteiger partial charge in [0.2, 0.25) is 0 Å². The molecule has 2 aromatic heterocycles. The van der Waals surface area contributed by atoms with Crippen molar-refractivity contribution in [3.8, 4) is 0 Å². The van der Waals surface area contributed by atoms with E-state index in [0.717, 1.165) is 0 Å². The molecule has 0 atom stereocenters. The van der Waals surface area contributed by atoms with Crippen molar-refractivity contribution in [1.29, 1.82) is 0 Å². The van der Waals surface area contributed by atoms with Crippen LogP contribution in [0.25, 0.3) is 21.9 Å². The first-order valence-electron chi connectivity index (χ1n) is 5.85. The van der Waals surface area contributed by atoms with Gasteiger partial charge in [-0.15, -0.1) is 0 Å². The molecule has 0 radical (unpaired) electrons. The summed E-state index contributed by atoms with van der Waals surface area (Å²) < 4.78 is 33.8. The summed E-state index contributed by atoms with van der Waals surface area (Å²) in [6.07, 6.45) is 1.48. The maximum atomic E-state index is 14.4. The Labute approximate surface area is 113 Å². The number of furan rings is 1. The van der Waals surface area contributed by atoms with Crippen molar-refractivity contribution < 1.29 is 13.2 Å². The summed E-state index contributed by atoms with van der Waals surface area (Å²) in [5.74, 6) is -1.51. The topological polar surface area (TPSA) is 26.0 Å². The van der Waals surface area contributed by atoms with E-state index in [1.807, 2.05) is 0 Å². The number of benzene rings is 1. The Kier molecular flexibility index (Phi) is 2.71. The fourth-order valence-corrected chi connectivity index (χ4v) is 2.48. The minimum atomic E-state index is -0.669. The second kappa shape index (κ2) is 4.17. The Morgan fingerprint density at radius 1 is 1.21 bits per heavy atom. The highest BCUT2D eigenvalue weighted by Crippen LogP contribution is 2.37. The van der Waals surface area contributed by atoms with E-state index in [4.69, 9.17) is 16.0 Å². The van der Waals surface area contributed by atoms with Crippen LogP contribution in [-0.4, -0.2) is 4.98 Å². The Balaban J connectivity index is 2.52. The van der Waals surface area contributed by atoms with Gasteiger partial charge in [0.05, 0.1) is 0 Å². The second-order valence-corrected chi connectivity index (χ2v) is 5.06. The zero-order chi connectivity index (χ0) is 13.7. The molecule has 19 heavy (non-hydrogen) atoms. The molecular weight excluding hydrogens is 272 g/mol. The van der Waals surface area contributed by atoms with Crippen LogP contribution in [0.3, 0.4) is 0 Å². The first kappa shape index (κ1) is 12.4. The van der Waals surface area contributed by atoms with Gasteiger partial charge in [-0.25, -0.2) is 13.8 Å². The average molecular weight is 282 g/mol. The summed E-state index contributed by atoms with van der Waals surface area (Å²) in [6, 6.07) is 2.91. The van der Waals surface area contributed by atoms with Crippen molar-refractivity contribution in [1.82, 2.24) is 4.98 Å². The zero-order valence-electron chi connectivity index (χ0n) is 10.3. The lowest BCUT2D eigenvalue weighted by Crippen LogP contribution is -1.98. The molecule has 0 saturated heterocycles. The molecule has 98 valence electrons. The fraction of sp³-hybridized carbons (Fsp3) is 0.214. The van der Waals surface area contributed by atoms with Crippen LogP contribution in [0.1, 0.15) is 25.3 Å². The SMILES string of the molecule is CC(C)c1c(F)cc2c(oc3c(Cl)nccc32)c1F. The van der Waals surface area contributed by atoms with Gasteiger partial charge in [-0.2, -0.15) is 0 Å². The standard InChI is InChI=1S/C14H10ClF2NO/c1-6(2)10-9(16)5-8-7-3-4-18-14(15)13(7)19-12(8)11(10)17/h3-6H,1-2H3. The maximum absolute atomic E-state index is 14.4. The number of halogens is 3. The first-order chi connectivity index (χ1) is 9.00. The number of aromatic nitrogens is 1. The Bertz CT molecular complexity index is 795. The summed E-state index contributed by atoms with van der Waals surface area (Å²) >= 11 is 5.90. The number of fused-ring (bicyclic) bond motifs is 3. The van der Waals surface area contributed by atoms with Gasteiger partial charge < -0.3 is 4.42 Å². The van der Waals surface area contributed by atoms with E-state index >= 15 is 0 Å². The first-order valence-corrected chi connectivity index (χ1v) is 6.23.